The number of imidazole rings is 1. The van der Waals surface area contributed by atoms with Crippen molar-refractivity contribution in [3.8, 4) is 0 Å². The minimum Gasteiger partial charge on any atom is -0.454 e. The molecule has 0 saturated heterocycles. The number of nitrogens with zero attached hydrogens (tertiary/aromatic N) is 2. The Balaban J connectivity index is 1.56. The number of anilines is 1. The number of hydrogen-bond donors (Lipinski definition) is 1. The Labute approximate surface area is 145 Å². The molecule has 0 saturated carbocycles. The monoisotopic (exact) mass is 337 g/mol. The highest BCUT2D eigenvalue weighted by atomic mass is 16.5. The molecule has 25 heavy (non-hydrogen) atoms. The van der Waals surface area contributed by atoms with Crippen molar-refractivity contribution in [2.24, 2.45) is 0 Å². The van der Waals surface area contributed by atoms with Crippen molar-refractivity contribution in [2.45, 2.75) is 20.4 Å². The number of hydrogen-bond acceptors (Lipinski definition) is 4. The number of ether oxygens (including phenoxy) is 1. The Morgan fingerprint density at radius 2 is 1.80 bits per heavy atom. The lowest BCUT2D eigenvalue weighted by Gasteiger charge is -2.11. The second-order valence-corrected chi connectivity index (χ2v) is 5.84. The summed E-state index contributed by atoms with van der Waals surface area (Å²) in [6.45, 7) is 3.52. The van der Waals surface area contributed by atoms with Crippen LogP contribution >= 0.6 is 0 Å². The summed E-state index contributed by atoms with van der Waals surface area (Å²) in [5.74, 6) is -0.846. The smallest absolute Gasteiger partial charge is 0.326 e. The van der Waals surface area contributed by atoms with Crippen LogP contribution in [0.1, 0.15) is 11.1 Å². The van der Waals surface area contributed by atoms with Gasteiger partial charge in [0.05, 0.1) is 17.4 Å². The molecule has 0 aliphatic carbocycles. The molecule has 3 aromatic rings. The lowest BCUT2D eigenvalue weighted by molar-refractivity contribution is -0.147. The molecule has 1 N–H and O–H groups in total. The molecule has 0 unspecified atom stereocenters. The van der Waals surface area contributed by atoms with Crippen LogP contribution in [-0.4, -0.2) is 28.0 Å². The molecular weight excluding hydrogens is 318 g/mol. The van der Waals surface area contributed by atoms with Gasteiger partial charge < -0.3 is 14.6 Å². The summed E-state index contributed by atoms with van der Waals surface area (Å²) in [4.78, 5) is 28.2. The molecule has 1 amide bonds. The molecule has 0 aliphatic rings. The van der Waals surface area contributed by atoms with Gasteiger partial charge in [-0.15, -0.1) is 0 Å². The van der Waals surface area contributed by atoms with Gasteiger partial charge >= 0.3 is 5.97 Å². The fraction of sp³-hybridized carbons (Fsp3) is 0.211. The zero-order valence-electron chi connectivity index (χ0n) is 14.2. The van der Waals surface area contributed by atoms with Gasteiger partial charge in [0.1, 0.15) is 6.54 Å². The lowest BCUT2D eigenvalue weighted by atomic mass is 10.1. The van der Waals surface area contributed by atoms with Crippen LogP contribution in [-0.2, 0) is 20.9 Å². The van der Waals surface area contributed by atoms with Crippen LogP contribution in [0.4, 0.5) is 5.69 Å². The number of benzene rings is 2. The maximum atomic E-state index is 12.0. The fourth-order valence-corrected chi connectivity index (χ4v) is 2.65. The molecule has 1 aromatic heterocycles. The standard InChI is InChI=1S/C19H19N3O3/c1-13-6-5-7-14(2)19(13)21-17(23)11-25-18(24)10-22-12-20-15-8-3-4-9-16(15)22/h3-9,12H,10-11H2,1-2H3,(H,21,23). The first-order chi connectivity index (χ1) is 12.0. The van der Waals surface area contributed by atoms with Crippen LogP contribution in [0.5, 0.6) is 0 Å². The van der Waals surface area contributed by atoms with Gasteiger partial charge in [0, 0.05) is 5.69 Å². The lowest BCUT2D eigenvalue weighted by Crippen LogP contribution is -2.23. The number of rotatable bonds is 5. The maximum Gasteiger partial charge on any atom is 0.326 e. The minimum atomic E-state index is -0.486. The van der Waals surface area contributed by atoms with Crippen molar-refractivity contribution >= 4 is 28.6 Å². The van der Waals surface area contributed by atoms with Gasteiger partial charge in [-0.05, 0) is 37.1 Å². The Kier molecular flexibility index (Phi) is 4.79. The highest BCUT2D eigenvalue weighted by molar-refractivity contribution is 5.94. The van der Waals surface area contributed by atoms with Gasteiger partial charge in [0.25, 0.3) is 5.91 Å². The van der Waals surface area contributed by atoms with E-state index < -0.39 is 5.97 Å². The Hall–Kier alpha value is -3.15. The number of amides is 1. The minimum absolute atomic E-state index is 0.0111. The number of esters is 1. The normalized spacial score (nSPS) is 10.6. The highest BCUT2D eigenvalue weighted by Crippen LogP contribution is 2.19. The third-order valence-electron chi connectivity index (χ3n) is 3.94. The van der Waals surface area contributed by atoms with Gasteiger partial charge in [0.2, 0.25) is 0 Å². The molecule has 0 radical (unpaired) electrons. The van der Waals surface area contributed by atoms with Crippen LogP contribution in [0.15, 0.2) is 48.8 Å². The largest absolute Gasteiger partial charge is 0.454 e. The number of nitrogens with one attached hydrogen (secondary N) is 1. The van der Waals surface area contributed by atoms with Crippen molar-refractivity contribution in [1.29, 1.82) is 0 Å². The Bertz CT molecular complexity index is 910. The Morgan fingerprint density at radius 3 is 2.56 bits per heavy atom. The Morgan fingerprint density at radius 1 is 1.08 bits per heavy atom. The van der Waals surface area contributed by atoms with Gasteiger partial charge in [-0.25, -0.2) is 4.98 Å². The summed E-state index contributed by atoms with van der Waals surface area (Å²) in [6.07, 6.45) is 1.59. The zero-order chi connectivity index (χ0) is 17.8. The molecule has 3 rings (SSSR count). The van der Waals surface area contributed by atoms with Crippen molar-refractivity contribution in [3.05, 3.63) is 59.9 Å². The molecule has 2 aromatic carbocycles. The fourth-order valence-electron chi connectivity index (χ4n) is 2.65. The summed E-state index contributed by atoms with van der Waals surface area (Å²) < 4.78 is 6.77. The highest BCUT2D eigenvalue weighted by Gasteiger charge is 2.12. The molecule has 6 heteroatoms. The van der Waals surface area contributed by atoms with Crippen LogP contribution in [0.2, 0.25) is 0 Å². The third-order valence-corrected chi connectivity index (χ3v) is 3.94. The van der Waals surface area contributed by atoms with E-state index in [-0.39, 0.29) is 19.1 Å². The summed E-state index contributed by atoms with van der Waals surface area (Å²) >= 11 is 0. The van der Waals surface area contributed by atoms with Crippen LogP contribution in [0.3, 0.4) is 0 Å². The summed E-state index contributed by atoms with van der Waals surface area (Å²) in [6, 6.07) is 13.3. The van der Waals surface area contributed by atoms with E-state index in [4.69, 9.17) is 4.74 Å². The summed E-state index contributed by atoms with van der Waals surface area (Å²) in [5.41, 5.74) is 4.33. The van der Waals surface area contributed by atoms with Crippen molar-refractivity contribution in [2.75, 3.05) is 11.9 Å². The van der Waals surface area contributed by atoms with E-state index in [1.165, 1.54) is 0 Å². The SMILES string of the molecule is Cc1cccc(C)c1NC(=O)COC(=O)Cn1cnc2ccccc21. The molecule has 1 heterocycles. The zero-order valence-corrected chi connectivity index (χ0v) is 14.2. The summed E-state index contributed by atoms with van der Waals surface area (Å²) in [5, 5.41) is 2.79. The third kappa shape index (κ3) is 3.85. The predicted octanol–water partition coefficient (Wildman–Crippen LogP) is 2.84. The van der Waals surface area contributed by atoms with E-state index in [9.17, 15) is 9.59 Å². The number of carbonyl (C=O) groups excluding carboxylic acids is 2. The van der Waals surface area contributed by atoms with E-state index in [0.29, 0.717) is 0 Å². The van der Waals surface area contributed by atoms with Crippen molar-refractivity contribution in [1.82, 2.24) is 9.55 Å². The van der Waals surface area contributed by atoms with Crippen LogP contribution in [0.25, 0.3) is 11.0 Å². The van der Waals surface area contributed by atoms with Gasteiger partial charge in [-0.2, -0.15) is 0 Å². The van der Waals surface area contributed by atoms with E-state index in [1.54, 1.807) is 10.9 Å². The van der Waals surface area contributed by atoms with Gasteiger partial charge in [0.15, 0.2) is 6.61 Å². The van der Waals surface area contributed by atoms with E-state index in [1.807, 2.05) is 56.3 Å². The molecule has 128 valence electrons. The average Bonchev–Trinajstić information content (AvgIpc) is 3.00. The first-order valence-corrected chi connectivity index (χ1v) is 7.96. The van der Waals surface area contributed by atoms with Gasteiger partial charge in [-0.3, -0.25) is 9.59 Å². The molecule has 0 atom stereocenters. The van der Waals surface area contributed by atoms with Crippen molar-refractivity contribution in [3.63, 3.8) is 0 Å². The van der Waals surface area contributed by atoms with Crippen LogP contribution < -0.4 is 5.32 Å². The molecule has 6 nitrogen and oxygen atoms in total. The van der Waals surface area contributed by atoms with Crippen molar-refractivity contribution < 1.29 is 14.3 Å². The van der Waals surface area contributed by atoms with Gasteiger partial charge in [-0.1, -0.05) is 30.3 Å². The maximum absolute atomic E-state index is 12.0. The molecule has 0 aliphatic heterocycles. The number of aryl methyl sites for hydroxylation is 2. The molecule has 0 spiro atoms. The number of fused-ring (bicyclic) bond motifs is 1. The number of carbonyl (C=O) groups is 2. The second kappa shape index (κ2) is 7.17. The number of para-hydroxylation sites is 3. The summed E-state index contributed by atoms with van der Waals surface area (Å²) in [7, 11) is 0. The predicted molar refractivity (Wildman–Crippen MR) is 95.2 cm³/mol. The first-order valence-electron chi connectivity index (χ1n) is 7.96. The topological polar surface area (TPSA) is 73.2 Å². The number of aromatic nitrogens is 2. The van der Waals surface area contributed by atoms with E-state index in [0.717, 1.165) is 27.8 Å². The van der Waals surface area contributed by atoms with E-state index in [2.05, 4.69) is 10.3 Å². The first kappa shape index (κ1) is 16.7. The second-order valence-electron chi connectivity index (χ2n) is 5.84. The molecular formula is C19H19N3O3. The quantitative estimate of drug-likeness (QED) is 0.727. The average molecular weight is 337 g/mol. The van der Waals surface area contributed by atoms with E-state index >= 15 is 0 Å². The molecule has 0 fully saturated rings. The molecule has 0 bridgehead atoms. The van der Waals surface area contributed by atoms with Crippen LogP contribution in [0, 0.1) is 13.8 Å².